The van der Waals surface area contributed by atoms with Gasteiger partial charge in [-0.1, -0.05) is 25.9 Å². The van der Waals surface area contributed by atoms with E-state index >= 15 is 0 Å². The maximum Gasteiger partial charge on any atom is 0.232 e. The minimum Gasteiger partial charge on any atom is -0.497 e. The molecule has 0 radical (unpaired) electrons. The summed E-state index contributed by atoms with van der Waals surface area (Å²) in [7, 11) is 3.10. The highest BCUT2D eigenvalue weighted by Gasteiger charge is 2.36. The number of carbonyl (C=O) groups excluding carboxylic acids is 2. The van der Waals surface area contributed by atoms with Crippen LogP contribution in [0.5, 0.6) is 11.5 Å². The Morgan fingerprint density at radius 3 is 2.47 bits per heavy atom. The zero-order chi connectivity index (χ0) is 24.5. The van der Waals surface area contributed by atoms with Crippen molar-refractivity contribution in [3.63, 3.8) is 0 Å². The van der Waals surface area contributed by atoms with Crippen LogP contribution in [0.2, 0.25) is 0 Å². The predicted octanol–water partition coefficient (Wildman–Crippen LogP) is 4.04. The SMILES string of the molecule is COc1ccc(OC)c(N2CC(C(=O)Nc3ccc(-c4noc(C(C)(C)C)n4)cc3)CC2=O)c1. The van der Waals surface area contributed by atoms with Gasteiger partial charge < -0.3 is 24.2 Å². The number of rotatable bonds is 6. The average Bonchev–Trinajstić information content (AvgIpc) is 3.46. The van der Waals surface area contributed by atoms with E-state index in [2.05, 4.69) is 15.5 Å². The van der Waals surface area contributed by atoms with E-state index in [-0.39, 0.29) is 30.2 Å². The Labute approximate surface area is 198 Å². The molecule has 4 rings (SSSR count). The maximum atomic E-state index is 12.9. The van der Waals surface area contributed by atoms with Crippen LogP contribution in [0.25, 0.3) is 11.4 Å². The largest absolute Gasteiger partial charge is 0.497 e. The first kappa shape index (κ1) is 23.3. The molecule has 1 fully saturated rings. The van der Waals surface area contributed by atoms with E-state index in [1.54, 1.807) is 42.3 Å². The van der Waals surface area contributed by atoms with Gasteiger partial charge in [-0.15, -0.1) is 0 Å². The molecule has 0 bridgehead atoms. The van der Waals surface area contributed by atoms with Gasteiger partial charge >= 0.3 is 0 Å². The van der Waals surface area contributed by atoms with E-state index in [0.29, 0.717) is 34.6 Å². The second-order valence-electron chi connectivity index (χ2n) is 9.18. The molecule has 2 amide bonds. The van der Waals surface area contributed by atoms with Gasteiger partial charge in [0.15, 0.2) is 0 Å². The van der Waals surface area contributed by atoms with Crippen molar-refractivity contribution in [1.29, 1.82) is 0 Å². The number of nitrogens with zero attached hydrogens (tertiary/aromatic N) is 3. The van der Waals surface area contributed by atoms with Crippen LogP contribution in [-0.4, -0.2) is 42.7 Å². The summed E-state index contributed by atoms with van der Waals surface area (Å²) >= 11 is 0. The topological polar surface area (TPSA) is 107 Å². The van der Waals surface area contributed by atoms with Crippen molar-refractivity contribution < 1.29 is 23.6 Å². The number of ether oxygens (including phenoxy) is 2. The van der Waals surface area contributed by atoms with Gasteiger partial charge in [0, 0.05) is 35.7 Å². The molecular formula is C25H28N4O5. The number of hydrogen-bond donors (Lipinski definition) is 1. The van der Waals surface area contributed by atoms with Gasteiger partial charge in [0.25, 0.3) is 0 Å². The zero-order valence-electron chi connectivity index (χ0n) is 19.9. The lowest BCUT2D eigenvalue weighted by molar-refractivity contribution is -0.122. The third-order valence-corrected chi connectivity index (χ3v) is 5.65. The first-order chi connectivity index (χ1) is 16.2. The highest BCUT2D eigenvalue weighted by molar-refractivity contribution is 6.04. The standard InChI is InChI=1S/C25H28N4O5/c1-25(2,3)24-27-22(28-34-24)15-6-8-17(9-7-15)26-23(31)16-12-21(30)29(14-16)19-13-18(32-4)10-11-20(19)33-5/h6-11,13,16H,12,14H2,1-5H3,(H,26,31). The summed E-state index contributed by atoms with van der Waals surface area (Å²) in [4.78, 5) is 31.6. The molecule has 3 aromatic rings. The van der Waals surface area contributed by atoms with Crippen molar-refractivity contribution >= 4 is 23.2 Å². The van der Waals surface area contributed by atoms with Crippen LogP contribution in [0.4, 0.5) is 11.4 Å². The molecule has 0 spiro atoms. The van der Waals surface area contributed by atoms with Crippen LogP contribution < -0.4 is 19.7 Å². The lowest BCUT2D eigenvalue weighted by Gasteiger charge is -2.20. The van der Waals surface area contributed by atoms with Crippen molar-refractivity contribution in [3.8, 4) is 22.9 Å². The van der Waals surface area contributed by atoms with Gasteiger partial charge in [-0.3, -0.25) is 9.59 Å². The van der Waals surface area contributed by atoms with Gasteiger partial charge in [0.1, 0.15) is 11.5 Å². The minimum absolute atomic E-state index is 0.114. The van der Waals surface area contributed by atoms with Gasteiger partial charge in [-0.05, 0) is 36.4 Å². The van der Waals surface area contributed by atoms with E-state index in [4.69, 9.17) is 14.0 Å². The molecule has 0 aliphatic carbocycles. The first-order valence-corrected chi connectivity index (χ1v) is 11.0. The molecule has 2 aromatic carbocycles. The molecule has 1 aliphatic rings. The fourth-order valence-corrected chi connectivity index (χ4v) is 3.72. The van der Waals surface area contributed by atoms with Crippen molar-refractivity contribution in [1.82, 2.24) is 10.1 Å². The van der Waals surface area contributed by atoms with E-state index < -0.39 is 5.92 Å². The molecule has 1 atom stereocenters. The first-order valence-electron chi connectivity index (χ1n) is 11.0. The molecule has 9 heteroatoms. The number of aromatic nitrogens is 2. The lowest BCUT2D eigenvalue weighted by Crippen LogP contribution is -2.28. The molecule has 9 nitrogen and oxygen atoms in total. The number of nitrogens with one attached hydrogen (secondary N) is 1. The number of hydrogen-bond acceptors (Lipinski definition) is 7. The Kier molecular flexibility index (Phi) is 6.28. The Morgan fingerprint density at radius 1 is 1.12 bits per heavy atom. The molecule has 0 saturated carbocycles. The quantitative estimate of drug-likeness (QED) is 0.587. The lowest BCUT2D eigenvalue weighted by atomic mass is 9.97. The number of methoxy groups -OCH3 is 2. The predicted molar refractivity (Wildman–Crippen MR) is 127 cm³/mol. The van der Waals surface area contributed by atoms with Crippen molar-refractivity contribution in [2.45, 2.75) is 32.6 Å². The molecule has 2 heterocycles. The van der Waals surface area contributed by atoms with Crippen molar-refractivity contribution in [2.75, 3.05) is 31.0 Å². The summed E-state index contributed by atoms with van der Waals surface area (Å²) in [5, 5.41) is 6.94. The Bertz CT molecular complexity index is 1200. The van der Waals surface area contributed by atoms with Crippen molar-refractivity contribution in [3.05, 3.63) is 48.4 Å². The van der Waals surface area contributed by atoms with E-state index in [1.807, 2.05) is 32.9 Å². The fourth-order valence-electron chi connectivity index (χ4n) is 3.72. The van der Waals surface area contributed by atoms with Gasteiger partial charge in [-0.25, -0.2) is 0 Å². The molecule has 1 unspecified atom stereocenters. The maximum absolute atomic E-state index is 12.9. The monoisotopic (exact) mass is 464 g/mol. The van der Waals surface area contributed by atoms with E-state index in [0.717, 1.165) is 5.56 Å². The zero-order valence-corrected chi connectivity index (χ0v) is 19.9. The molecule has 1 aromatic heterocycles. The Balaban J connectivity index is 1.44. The summed E-state index contributed by atoms with van der Waals surface area (Å²) in [5.41, 5.74) is 1.75. The number of anilines is 2. The number of carbonyl (C=O) groups is 2. The summed E-state index contributed by atoms with van der Waals surface area (Å²) in [6.07, 6.45) is 0.114. The highest BCUT2D eigenvalue weighted by Crippen LogP contribution is 2.36. The summed E-state index contributed by atoms with van der Waals surface area (Å²) in [6.45, 7) is 6.26. The van der Waals surface area contributed by atoms with Gasteiger partial charge in [0.2, 0.25) is 23.5 Å². The normalized spacial score (nSPS) is 16.0. The summed E-state index contributed by atoms with van der Waals surface area (Å²) in [5.74, 6) is 1.34. The molecular weight excluding hydrogens is 436 g/mol. The van der Waals surface area contributed by atoms with E-state index in [1.165, 1.54) is 7.11 Å². The minimum atomic E-state index is -0.491. The molecule has 1 aliphatic heterocycles. The highest BCUT2D eigenvalue weighted by atomic mass is 16.5. The number of amides is 2. The molecule has 1 N–H and O–H groups in total. The van der Waals surface area contributed by atoms with Crippen LogP contribution in [0, 0.1) is 5.92 Å². The Morgan fingerprint density at radius 2 is 1.85 bits per heavy atom. The molecule has 34 heavy (non-hydrogen) atoms. The third kappa shape index (κ3) is 4.73. The Hall–Kier alpha value is -3.88. The van der Waals surface area contributed by atoms with Gasteiger partial charge in [-0.2, -0.15) is 4.98 Å². The van der Waals surface area contributed by atoms with E-state index in [9.17, 15) is 9.59 Å². The third-order valence-electron chi connectivity index (χ3n) is 5.65. The summed E-state index contributed by atoms with van der Waals surface area (Å²) in [6, 6.07) is 12.4. The second kappa shape index (κ2) is 9.17. The van der Waals surface area contributed by atoms with Crippen LogP contribution in [0.1, 0.15) is 33.1 Å². The molecule has 178 valence electrons. The smallest absolute Gasteiger partial charge is 0.232 e. The van der Waals surface area contributed by atoms with Crippen LogP contribution in [0.15, 0.2) is 47.0 Å². The summed E-state index contributed by atoms with van der Waals surface area (Å²) < 4.78 is 16.0. The number of benzene rings is 2. The van der Waals surface area contributed by atoms with Gasteiger partial charge in [0.05, 0.1) is 25.8 Å². The molecule has 1 saturated heterocycles. The van der Waals surface area contributed by atoms with Crippen LogP contribution in [0.3, 0.4) is 0 Å². The van der Waals surface area contributed by atoms with Crippen molar-refractivity contribution in [2.24, 2.45) is 5.92 Å². The second-order valence-corrected chi connectivity index (χ2v) is 9.18. The average molecular weight is 465 g/mol. The fraction of sp³-hybridized carbons (Fsp3) is 0.360. The van der Waals surface area contributed by atoms with Crippen LogP contribution in [-0.2, 0) is 15.0 Å². The van der Waals surface area contributed by atoms with Crippen LogP contribution >= 0.6 is 0 Å².